The molecule has 1 aliphatic rings. The number of hydrogen-bond donors (Lipinski definition) is 0. The second kappa shape index (κ2) is 8.79. The lowest BCUT2D eigenvalue weighted by atomic mass is 10.1. The van der Waals surface area contributed by atoms with Gasteiger partial charge in [0.05, 0.1) is 0 Å². The lowest BCUT2D eigenvalue weighted by Crippen LogP contribution is -2.33. The Kier molecular flexibility index (Phi) is 6.72. The van der Waals surface area contributed by atoms with E-state index in [1.807, 2.05) is 32.0 Å². The van der Waals surface area contributed by atoms with Gasteiger partial charge in [-0.25, -0.2) is 4.79 Å². The van der Waals surface area contributed by atoms with Crippen LogP contribution in [0.3, 0.4) is 0 Å². The molecule has 0 aromatic heterocycles. The van der Waals surface area contributed by atoms with E-state index in [2.05, 4.69) is 11.0 Å². The van der Waals surface area contributed by atoms with Gasteiger partial charge in [0, 0.05) is 19.6 Å². The summed E-state index contributed by atoms with van der Waals surface area (Å²) in [6, 6.07) is 7.92. The van der Waals surface area contributed by atoms with Gasteiger partial charge in [0.25, 0.3) is 0 Å². The molecule has 1 aromatic rings. The van der Waals surface area contributed by atoms with Crippen LogP contribution in [0.25, 0.3) is 0 Å². The molecule has 0 atom stereocenters. The summed E-state index contributed by atoms with van der Waals surface area (Å²) in [5.74, 6) is 0.646. The Morgan fingerprint density at radius 1 is 1.18 bits per heavy atom. The summed E-state index contributed by atoms with van der Waals surface area (Å²) in [4.78, 5) is 16.2. The van der Waals surface area contributed by atoms with Crippen LogP contribution in [0.15, 0.2) is 24.3 Å². The van der Waals surface area contributed by atoms with E-state index >= 15 is 0 Å². The van der Waals surface area contributed by atoms with Gasteiger partial charge in [-0.15, -0.1) is 0 Å². The summed E-state index contributed by atoms with van der Waals surface area (Å²) < 4.78 is 5.46. The van der Waals surface area contributed by atoms with Gasteiger partial charge in [-0.3, -0.25) is 0 Å². The van der Waals surface area contributed by atoms with E-state index in [-0.39, 0.29) is 6.09 Å². The van der Waals surface area contributed by atoms with Crippen molar-refractivity contribution in [3.05, 3.63) is 29.8 Å². The van der Waals surface area contributed by atoms with Gasteiger partial charge in [-0.2, -0.15) is 0 Å². The molecule has 2 rings (SSSR count). The lowest BCUT2D eigenvalue weighted by molar-refractivity contribution is 0.157. The minimum absolute atomic E-state index is 0.266. The molecule has 0 saturated carbocycles. The zero-order valence-corrected chi connectivity index (χ0v) is 13.9. The number of hydrogen-bond acceptors (Lipinski definition) is 3. The van der Waals surface area contributed by atoms with Crippen LogP contribution in [-0.2, 0) is 6.42 Å². The van der Waals surface area contributed by atoms with Crippen molar-refractivity contribution in [1.29, 1.82) is 0 Å². The minimum Gasteiger partial charge on any atom is -0.410 e. The van der Waals surface area contributed by atoms with Crippen molar-refractivity contribution in [3.8, 4) is 5.75 Å². The van der Waals surface area contributed by atoms with Crippen LogP contribution in [0.5, 0.6) is 5.75 Å². The quantitative estimate of drug-likeness (QED) is 0.805. The number of carbonyl (C=O) groups is 1. The molecule has 1 aromatic carbocycles. The van der Waals surface area contributed by atoms with E-state index in [0.29, 0.717) is 18.8 Å². The molecular formula is C18H28N2O2. The molecule has 1 heterocycles. The molecule has 122 valence electrons. The molecule has 4 heteroatoms. The van der Waals surface area contributed by atoms with E-state index in [1.54, 1.807) is 4.90 Å². The highest BCUT2D eigenvalue weighted by Gasteiger charge is 2.13. The van der Waals surface area contributed by atoms with Crippen molar-refractivity contribution in [2.45, 2.75) is 39.5 Å². The third-order valence-corrected chi connectivity index (χ3v) is 4.29. The molecule has 0 N–H and O–H groups in total. The van der Waals surface area contributed by atoms with Crippen molar-refractivity contribution in [1.82, 2.24) is 9.80 Å². The highest BCUT2D eigenvalue weighted by atomic mass is 16.6. The second-order valence-electron chi connectivity index (χ2n) is 5.84. The van der Waals surface area contributed by atoms with Crippen molar-refractivity contribution >= 4 is 6.09 Å². The normalized spacial score (nSPS) is 15.5. The molecule has 1 fully saturated rings. The van der Waals surface area contributed by atoms with E-state index in [1.165, 1.54) is 37.9 Å². The number of benzene rings is 1. The summed E-state index contributed by atoms with van der Waals surface area (Å²) in [7, 11) is 0. The van der Waals surface area contributed by atoms with E-state index in [9.17, 15) is 4.79 Å². The van der Waals surface area contributed by atoms with Crippen LogP contribution < -0.4 is 4.74 Å². The SMILES string of the molecule is CCN(CC)C(=O)Oc1cccc(CCN2CCCCC2)c1. The zero-order valence-electron chi connectivity index (χ0n) is 13.9. The number of rotatable bonds is 6. The average Bonchev–Trinajstić information content (AvgIpc) is 2.55. The molecular weight excluding hydrogens is 276 g/mol. The standard InChI is InChI=1S/C18H28N2O2/c1-3-20(4-2)18(21)22-17-10-8-9-16(15-17)11-14-19-12-6-5-7-13-19/h8-10,15H,3-7,11-14H2,1-2H3. The summed E-state index contributed by atoms with van der Waals surface area (Å²) in [6.07, 6.45) is 4.76. The molecule has 1 saturated heterocycles. The van der Waals surface area contributed by atoms with Gasteiger partial charge in [0.1, 0.15) is 5.75 Å². The van der Waals surface area contributed by atoms with Crippen molar-refractivity contribution in [3.63, 3.8) is 0 Å². The van der Waals surface area contributed by atoms with E-state index in [4.69, 9.17) is 4.74 Å². The van der Waals surface area contributed by atoms with Gasteiger partial charge in [-0.1, -0.05) is 18.6 Å². The number of likely N-dealkylation sites (tertiary alicyclic amines) is 1. The van der Waals surface area contributed by atoms with Crippen LogP contribution in [0.2, 0.25) is 0 Å². The second-order valence-corrected chi connectivity index (χ2v) is 5.84. The Morgan fingerprint density at radius 2 is 1.91 bits per heavy atom. The first-order valence-corrected chi connectivity index (χ1v) is 8.51. The highest BCUT2D eigenvalue weighted by Crippen LogP contribution is 2.16. The van der Waals surface area contributed by atoms with Crippen LogP contribution in [0, 0.1) is 0 Å². The van der Waals surface area contributed by atoms with Gasteiger partial charge in [-0.05, 0) is 63.9 Å². The molecule has 0 spiro atoms. The molecule has 0 bridgehead atoms. The Labute approximate surface area is 134 Å². The fraction of sp³-hybridized carbons (Fsp3) is 0.611. The third kappa shape index (κ3) is 5.02. The summed E-state index contributed by atoms with van der Waals surface area (Å²) in [6.45, 7) is 8.79. The largest absolute Gasteiger partial charge is 0.415 e. The first-order chi connectivity index (χ1) is 10.7. The fourth-order valence-corrected chi connectivity index (χ4v) is 2.88. The average molecular weight is 304 g/mol. The van der Waals surface area contributed by atoms with Crippen molar-refractivity contribution in [2.24, 2.45) is 0 Å². The zero-order chi connectivity index (χ0) is 15.8. The molecule has 0 radical (unpaired) electrons. The Balaban J connectivity index is 1.87. The van der Waals surface area contributed by atoms with Gasteiger partial charge in [0.2, 0.25) is 0 Å². The number of amides is 1. The number of ether oxygens (including phenoxy) is 1. The van der Waals surface area contributed by atoms with Crippen molar-refractivity contribution < 1.29 is 9.53 Å². The van der Waals surface area contributed by atoms with Gasteiger partial charge < -0.3 is 14.5 Å². The monoisotopic (exact) mass is 304 g/mol. The van der Waals surface area contributed by atoms with Gasteiger partial charge in [0.15, 0.2) is 0 Å². The maximum Gasteiger partial charge on any atom is 0.415 e. The first-order valence-electron chi connectivity index (χ1n) is 8.51. The predicted molar refractivity (Wildman–Crippen MR) is 89.4 cm³/mol. The molecule has 0 unspecified atom stereocenters. The number of nitrogens with zero attached hydrogens (tertiary/aromatic N) is 2. The van der Waals surface area contributed by atoms with Crippen LogP contribution >= 0.6 is 0 Å². The Morgan fingerprint density at radius 3 is 2.59 bits per heavy atom. The van der Waals surface area contributed by atoms with Crippen LogP contribution in [0.4, 0.5) is 4.79 Å². The first kappa shape index (κ1) is 16.8. The van der Waals surface area contributed by atoms with E-state index < -0.39 is 0 Å². The highest BCUT2D eigenvalue weighted by molar-refractivity contribution is 5.70. The topological polar surface area (TPSA) is 32.8 Å². The summed E-state index contributed by atoms with van der Waals surface area (Å²) in [5, 5.41) is 0. The summed E-state index contributed by atoms with van der Waals surface area (Å²) in [5.41, 5.74) is 1.23. The van der Waals surface area contributed by atoms with Crippen LogP contribution in [0.1, 0.15) is 38.7 Å². The number of piperidine rings is 1. The lowest BCUT2D eigenvalue weighted by Gasteiger charge is -2.26. The number of carbonyl (C=O) groups excluding carboxylic acids is 1. The predicted octanol–water partition coefficient (Wildman–Crippen LogP) is 3.56. The fourth-order valence-electron chi connectivity index (χ4n) is 2.88. The van der Waals surface area contributed by atoms with Gasteiger partial charge >= 0.3 is 6.09 Å². The van der Waals surface area contributed by atoms with Crippen LogP contribution in [-0.4, -0.2) is 48.6 Å². The molecule has 0 aliphatic carbocycles. The smallest absolute Gasteiger partial charge is 0.410 e. The molecule has 4 nitrogen and oxygen atoms in total. The molecule has 22 heavy (non-hydrogen) atoms. The molecule has 1 aliphatic heterocycles. The summed E-state index contributed by atoms with van der Waals surface area (Å²) >= 11 is 0. The van der Waals surface area contributed by atoms with E-state index in [0.717, 1.165) is 13.0 Å². The Bertz CT molecular complexity index is 466. The third-order valence-electron chi connectivity index (χ3n) is 4.29. The Hall–Kier alpha value is -1.55. The maximum atomic E-state index is 12.0. The van der Waals surface area contributed by atoms with Crippen molar-refractivity contribution in [2.75, 3.05) is 32.7 Å². The maximum absolute atomic E-state index is 12.0. The minimum atomic E-state index is -0.266. The molecule has 1 amide bonds.